The second-order valence-corrected chi connectivity index (χ2v) is 9.87. The molecule has 0 saturated heterocycles. The third-order valence-corrected chi connectivity index (χ3v) is 4.97. The van der Waals surface area contributed by atoms with E-state index in [4.69, 9.17) is 6.42 Å². The third-order valence-electron chi connectivity index (χ3n) is 4.97. The highest BCUT2D eigenvalue weighted by Gasteiger charge is 2.68. The molecule has 1 aliphatic carbocycles. The molecule has 2 atom stereocenters. The lowest BCUT2D eigenvalue weighted by atomic mass is 9.64. The maximum Gasteiger partial charge on any atom is 0.282 e. The number of alkyl halides is 3. The topological polar surface area (TPSA) is 29.4 Å². The van der Waals surface area contributed by atoms with Gasteiger partial charge in [-0.2, -0.15) is 0 Å². The van der Waals surface area contributed by atoms with E-state index >= 15 is 0 Å². The van der Waals surface area contributed by atoms with E-state index in [1.165, 1.54) is 26.0 Å². The number of carbonyl (C=O) groups excluding carboxylic acids is 1. The molecule has 0 spiro atoms. The molecule has 1 fully saturated rings. The fourth-order valence-electron chi connectivity index (χ4n) is 3.32. The summed E-state index contributed by atoms with van der Waals surface area (Å²) >= 11 is 0. The molecular weight excluding hydrogens is 437 g/mol. The summed E-state index contributed by atoms with van der Waals surface area (Å²) in [7, 11) is 0. The first-order valence-corrected chi connectivity index (χ1v) is 10.8. The monoisotopic (exact) mass is 471 g/mol. The molecule has 0 amide bonds. The normalized spacial score (nSPS) is 22.2. The second kappa shape index (κ2) is 11.1. The predicted octanol–water partition coefficient (Wildman–Crippen LogP) is 7.96. The van der Waals surface area contributed by atoms with Crippen LogP contribution in [0.2, 0.25) is 0 Å². The number of Topliss-reactive ketones (excluding diaryl/α,β-unsaturated/α-hetero) is 1. The molecule has 1 aromatic carbocycles. The van der Waals surface area contributed by atoms with Gasteiger partial charge in [0.1, 0.15) is 23.0 Å². The Hall–Kier alpha value is -2.49. The van der Waals surface area contributed by atoms with Gasteiger partial charge in [-0.3, -0.25) is 4.79 Å². The number of terminal acetylenes is 1. The number of rotatable bonds is 7. The number of hydrogen-bond donors (Lipinski definition) is 0. The molecule has 184 valence electrons. The molecular formula is C26H34F5NO. The summed E-state index contributed by atoms with van der Waals surface area (Å²) in [5.41, 5.74) is -2.01. The fraction of sp³-hybridized carbons (Fsp3) is 0.538. The minimum absolute atomic E-state index is 0. The molecule has 2 rings (SSSR count). The smallest absolute Gasteiger partial charge is 0.282 e. The number of aliphatic imine (C=N–C) groups is 1. The van der Waals surface area contributed by atoms with Gasteiger partial charge in [0.15, 0.2) is 11.5 Å². The minimum atomic E-state index is -3.40. The number of halogens is 5. The average Bonchev–Trinajstić information content (AvgIpc) is 2.66. The van der Waals surface area contributed by atoms with Crippen LogP contribution in [0.4, 0.5) is 27.6 Å². The highest BCUT2D eigenvalue weighted by atomic mass is 19.3. The number of nitrogens with zero attached hydrogens (tertiary/aromatic N) is 1. The summed E-state index contributed by atoms with van der Waals surface area (Å²) in [6.07, 6.45) is 6.54. The van der Waals surface area contributed by atoms with Crippen molar-refractivity contribution in [2.75, 3.05) is 0 Å². The third kappa shape index (κ3) is 8.10. The zero-order chi connectivity index (χ0) is 25.6. The Morgan fingerprint density at radius 3 is 2.30 bits per heavy atom. The minimum Gasteiger partial charge on any atom is -0.299 e. The van der Waals surface area contributed by atoms with Gasteiger partial charge in [0, 0.05) is 32.7 Å². The van der Waals surface area contributed by atoms with Crippen molar-refractivity contribution < 1.29 is 28.2 Å². The first-order valence-electron chi connectivity index (χ1n) is 10.8. The van der Waals surface area contributed by atoms with E-state index in [1.54, 1.807) is 0 Å². The SMILES string of the molecule is C#CC(/C=C/CC(=O)CC1CC(F)(F)C1(F)CC)=Nc1c(C)cc(F)cc1F.CC(C)(C)C.[HH]. The lowest BCUT2D eigenvalue weighted by molar-refractivity contribution is -0.252. The molecule has 2 unspecified atom stereocenters. The van der Waals surface area contributed by atoms with E-state index in [0.29, 0.717) is 11.5 Å². The van der Waals surface area contributed by atoms with E-state index < -0.39 is 41.3 Å². The van der Waals surface area contributed by atoms with Crippen molar-refractivity contribution in [3.05, 3.63) is 41.5 Å². The van der Waals surface area contributed by atoms with Crippen LogP contribution < -0.4 is 0 Å². The molecule has 7 heteroatoms. The van der Waals surface area contributed by atoms with Crippen LogP contribution in [0.1, 0.15) is 67.3 Å². The Balaban J connectivity index is 0.00000164. The molecule has 2 nitrogen and oxygen atoms in total. The number of ketones is 1. The first kappa shape index (κ1) is 28.5. The Kier molecular flexibility index (Phi) is 9.59. The van der Waals surface area contributed by atoms with Crippen molar-refractivity contribution in [2.45, 2.75) is 78.8 Å². The Morgan fingerprint density at radius 1 is 1.27 bits per heavy atom. The molecule has 0 bridgehead atoms. The summed E-state index contributed by atoms with van der Waals surface area (Å²) < 4.78 is 68.0. The Labute approximate surface area is 194 Å². The van der Waals surface area contributed by atoms with Gasteiger partial charge in [-0.1, -0.05) is 46.6 Å². The van der Waals surface area contributed by atoms with Crippen molar-refractivity contribution in [2.24, 2.45) is 16.3 Å². The van der Waals surface area contributed by atoms with E-state index in [2.05, 4.69) is 38.6 Å². The summed E-state index contributed by atoms with van der Waals surface area (Å²) in [4.78, 5) is 15.9. The van der Waals surface area contributed by atoms with Gasteiger partial charge in [-0.15, -0.1) is 6.42 Å². The molecule has 0 radical (unpaired) electrons. The number of benzene rings is 1. The van der Waals surface area contributed by atoms with Gasteiger partial charge >= 0.3 is 0 Å². The summed E-state index contributed by atoms with van der Waals surface area (Å²) in [6.45, 7) is 11.5. The molecule has 0 aromatic heterocycles. The van der Waals surface area contributed by atoms with Gasteiger partial charge < -0.3 is 0 Å². The van der Waals surface area contributed by atoms with E-state index in [9.17, 15) is 26.7 Å². The van der Waals surface area contributed by atoms with E-state index in [1.807, 2.05) is 0 Å². The average molecular weight is 472 g/mol. The molecule has 33 heavy (non-hydrogen) atoms. The molecule has 0 aliphatic heterocycles. The summed E-state index contributed by atoms with van der Waals surface area (Å²) in [5, 5.41) is 0. The number of allylic oxidation sites excluding steroid dienone is 2. The predicted molar refractivity (Wildman–Crippen MR) is 125 cm³/mol. The maximum absolute atomic E-state index is 14.3. The van der Waals surface area contributed by atoms with Crippen LogP contribution in [0, 0.1) is 42.2 Å². The van der Waals surface area contributed by atoms with E-state index in [0.717, 1.165) is 6.07 Å². The summed E-state index contributed by atoms with van der Waals surface area (Å²) in [6, 6.07) is 1.78. The molecule has 1 aromatic rings. The second-order valence-electron chi connectivity index (χ2n) is 9.87. The van der Waals surface area contributed by atoms with Gasteiger partial charge in [0.25, 0.3) is 5.92 Å². The van der Waals surface area contributed by atoms with Crippen molar-refractivity contribution in [1.82, 2.24) is 0 Å². The highest BCUT2D eigenvalue weighted by molar-refractivity contribution is 6.09. The zero-order valence-corrected chi connectivity index (χ0v) is 20.0. The molecule has 1 saturated carbocycles. The van der Waals surface area contributed by atoms with Gasteiger partial charge in [0.05, 0.1) is 0 Å². The standard InChI is InChI=1S/C21H20F5NO.C5H12.H2/c1-4-16(27-19-13(3)9-15(22)11-18(19)23)7-6-8-17(28)10-14-12-21(25,26)20(14,24)5-2;1-5(2,3)4;/h1,6-7,9,11,14H,5,8,10,12H2,2-3H3;1-4H3;1H/b7-6+,27-16?;;. The van der Waals surface area contributed by atoms with Crippen LogP contribution >= 0.6 is 0 Å². The summed E-state index contributed by atoms with van der Waals surface area (Å²) in [5.74, 6) is -4.21. The van der Waals surface area contributed by atoms with Crippen LogP contribution in [0.3, 0.4) is 0 Å². The highest BCUT2D eigenvalue weighted by Crippen LogP contribution is 2.57. The maximum atomic E-state index is 14.3. The van der Waals surface area contributed by atoms with Crippen molar-refractivity contribution in [1.29, 1.82) is 0 Å². The lowest BCUT2D eigenvalue weighted by Gasteiger charge is -2.49. The fourth-order valence-corrected chi connectivity index (χ4v) is 3.32. The quantitative estimate of drug-likeness (QED) is 0.225. The first-order chi connectivity index (χ1) is 15.0. The van der Waals surface area contributed by atoms with Gasteiger partial charge in [-0.25, -0.2) is 26.9 Å². The van der Waals surface area contributed by atoms with E-state index in [-0.39, 0.29) is 37.7 Å². The number of hydrogen-bond acceptors (Lipinski definition) is 2. The Morgan fingerprint density at radius 2 is 1.85 bits per heavy atom. The van der Waals surface area contributed by atoms with Crippen LogP contribution in [0.5, 0.6) is 0 Å². The van der Waals surface area contributed by atoms with Crippen molar-refractivity contribution in [3.63, 3.8) is 0 Å². The van der Waals surface area contributed by atoms with Crippen LogP contribution in [0.25, 0.3) is 0 Å². The van der Waals surface area contributed by atoms with Crippen LogP contribution in [-0.4, -0.2) is 23.1 Å². The number of carbonyl (C=O) groups is 1. The van der Waals surface area contributed by atoms with Gasteiger partial charge in [-0.05, 0) is 36.5 Å². The van der Waals surface area contributed by atoms with Gasteiger partial charge in [0.2, 0.25) is 0 Å². The van der Waals surface area contributed by atoms with Crippen molar-refractivity contribution in [3.8, 4) is 12.3 Å². The lowest BCUT2D eigenvalue weighted by Crippen LogP contribution is -2.61. The van der Waals surface area contributed by atoms with Crippen LogP contribution in [-0.2, 0) is 4.79 Å². The zero-order valence-electron chi connectivity index (χ0n) is 20.0. The molecule has 0 heterocycles. The largest absolute Gasteiger partial charge is 0.299 e. The molecule has 1 aliphatic rings. The Bertz CT molecular complexity index is 930. The molecule has 0 N–H and O–H groups in total. The van der Waals surface area contributed by atoms with Crippen LogP contribution in [0.15, 0.2) is 29.3 Å². The number of aryl methyl sites for hydroxylation is 1. The van der Waals surface area contributed by atoms with Crippen molar-refractivity contribution >= 4 is 17.2 Å².